The molecule has 2 aromatic rings. The topological polar surface area (TPSA) is 51.2 Å². The van der Waals surface area contributed by atoms with Crippen LogP contribution in [0.4, 0.5) is 0 Å². The molecule has 3 rings (SSSR count). The van der Waals surface area contributed by atoms with Crippen LogP contribution in [0.5, 0.6) is 0 Å². The van der Waals surface area contributed by atoms with Gasteiger partial charge in [-0.2, -0.15) is 11.3 Å². The molecule has 122 valence electrons. The van der Waals surface area contributed by atoms with Crippen LogP contribution in [0.15, 0.2) is 41.4 Å². The highest BCUT2D eigenvalue weighted by Gasteiger charge is 2.19. The Bertz CT molecular complexity index is 595. The van der Waals surface area contributed by atoms with Gasteiger partial charge in [0.1, 0.15) is 0 Å². The maximum atomic E-state index is 12.3. The van der Waals surface area contributed by atoms with Crippen molar-refractivity contribution in [2.75, 3.05) is 6.61 Å². The first-order chi connectivity index (χ1) is 11.3. The Morgan fingerprint density at radius 1 is 1.48 bits per heavy atom. The molecule has 1 aliphatic heterocycles. The Labute approximate surface area is 140 Å². The number of ether oxygens (including phenoxy) is 1. The van der Waals surface area contributed by atoms with E-state index in [1.165, 1.54) is 5.56 Å². The molecule has 4 nitrogen and oxygen atoms in total. The van der Waals surface area contributed by atoms with E-state index in [-0.39, 0.29) is 18.1 Å². The number of pyridine rings is 1. The molecule has 0 spiro atoms. The maximum Gasteiger partial charge on any atom is 0.220 e. The molecule has 23 heavy (non-hydrogen) atoms. The van der Waals surface area contributed by atoms with Gasteiger partial charge in [0.25, 0.3) is 0 Å². The van der Waals surface area contributed by atoms with E-state index < -0.39 is 0 Å². The Balaban J connectivity index is 1.59. The van der Waals surface area contributed by atoms with Crippen LogP contribution in [-0.2, 0) is 16.0 Å². The standard InChI is InChI=1S/C18H22N2O2S/c21-18(6-5-16-4-2-9-22-16)20-17(11-14-7-10-23-13-14)15-3-1-8-19-12-15/h1,3,7-8,10,12-13,16-17H,2,4-6,9,11H2,(H,20,21). The number of nitrogens with one attached hydrogen (secondary N) is 1. The fraction of sp³-hybridized carbons (Fsp3) is 0.444. The van der Waals surface area contributed by atoms with Gasteiger partial charge in [0, 0.05) is 25.4 Å². The van der Waals surface area contributed by atoms with Gasteiger partial charge in [0.2, 0.25) is 5.91 Å². The van der Waals surface area contributed by atoms with Gasteiger partial charge in [-0.15, -0.1) is 0 Å². The number of aromatic nitrogens is 1. The smallest absolute Gasteiger partial charge is 0.220 e. The predicted octanol–water partition coefficient (Wildman–Crippen LogP) is 3.50. The molecule has 0 aliphatic carbocycles. The third-order valence-electron chi connectivity index (χ3n) is 4.16. The van der Waals surface area contributed by atoms with Crippen molar-refractivity contribution in [2.24, 2.45) is 0 Å². The highest BCUT2D eigenvalue weighted by molar-refractivity contribution is 7.07. The van der Waals surface area contributed by atoms with Gasteiger partial charge in [-0.3, -0.25) is 9.78 Å². The number of hydrogen-bond acceptors (Lipinski definition) is 4. The largest absolute Gasteiger partial charge is 0.378 e. The van der Waals surface area contributed by atoms with E-state index in [0.717, 1.165) is 37.9 Å². The van der Waals surface area contributed by atoms with Crippen molar-refractivity contribution in [3.63, 3.8) is 0 Å². The average Bonchev–Trinajstić information content (AvgIpc) is 3.27. The molecule has 1 saturated heterocycles. The zero-order valence-corrected chi connectivity index (χ0v) is 13.9. The number of amides is 1. The summed E-state index contributed by atoms with van der Waals surface area (Å²) in [5, 5.41) is 7.36. The van der Waals surface area contributed by atoms with Crippen molar-refractivity contribution in [1.82, 2.24) is 10.3 Å². The van der Waals surface area contributed by atoms with E-state index in [1.54, 1.807) is 17.5 Å². The molecule has 0 aromatic carbocycles. The van der Waals surface area contributed by atoms with Crippen molar-refractivity contribution in [3.8, 4) is 0 Å². The number of thiophene rings is 1. The summed E-state index contributed by atoms with van der Waals surface area (Å²) < 4.78 is 5.59. The van der Waals surface area contributed by atoms with Gasteiger partial charge in [0.05, 0.1) is 12.1 Å². The molecule has 5 heteroatoms. The molecule has 2 aromatic heterocycles. The van der Waals surface area contributed by atoms with E-state index >= 15 is 0 Å². The zero-order valence-electron chi connectivity index (χ0n) is 13.1. The first kappa shape index (κ1) is 16.1. The summed E-state index contributed by atoms with van der Waals surface area (Å²) in [6.07, 6.45) is 8.16. The quantitative estimate of drug-likeness (QED) is 0.845. The van der Waals surface area contributed by atoms with Crippen LogP contribution in [0, 0.1) is 0 Å². The summed E-state index contributed by atoms with van der Waals surface area (Å²) in [5.74, 6) is 0.0876. The van der Waals surface area contributed by atoms with Crippen LogP contribution in [-0.4, -0.2) is 23.6 Å². The molecule has 0 saturated carbocycles. The van der Waals surface area contributed by atoms with Crippen LogP contribution < -0.4 is 5.32 Å². The minimum Gasteiger partial charge on any atom is -0.378 e. The van der Waals surface area contributed by atoms with Gasteiger partial charge in [-0.1, -0.05) is 6.07 Å². The third-order valence-corrected chi connectivity index (χ3v) is 4.89. The van der Waals surface area contributed by atoms with Gasteiger partial charge in [-0.05, 0) is 59.7 Å². The summed E-state index contributed by atoms with van der Waals surface area (Å²) in [5.41, 5.74) is 2.28. The Morgan fingerprint density at radius 3 is 3.13 bits per heavy atom. The van der Waals surface area contributed by atoms with Crippen LogP contribution in [0.1, 0.15) is 42.9 Å². The number of carbonyl (C=O) groups is 1. The zero-order chi connectivity index (χ0) is 15.9. The second-order valence-corrected chi connectivity index (χ2v) is 6.70. The molecular weight excluding hydrogens is 308 g/mol. The lowest BCUT2D eigenvalue weighted by atomic mass is 10.0. The number of nitrogens with zero attached hydrogens (tertiary/aromatic N) is 1. The summed E-state index contributed by atoms with van der Waals surface area (Å²) in [4.78, 5) is 16.5. The summed E-state index contributed by atoms with van der Waals surface area (Å²) in [6.45, 7) is 0.836. The number of carbonyl (C=O) groups excluding carboxylic acids is 1. The average molecular weight is 330 g/mol. The van der Waals surface area contributed by atoms with Gasteiger partial charge in [0.15, 0.2) is 0 Å². The molecule has 1 amide bonds. The first-order valence-corrected chi connectivity index (χ1v) is 9.07. The molecular formula is C18H22N2O2S. The minimum absolute atomic E-state index is 0.0321. The van der Waals surface area contributed by atoms with Gasteiger partial charge < -0.3 is 10.1 Å². The van der Waals surface area contributed by atoms with Gasteiger partial charge >= 0.3 is 0 Å². The fourth-order valence-electron chi connectivity index (χ4n) is 2.91. The Hall–Kier alpha value is -1.72. The van der Waals surface area contributed by atoms with Crippen LogP contribution in [0.25, 0.3) is 0 Å². The van der Waals surface area contributed by atoms with Crippen molar-refractivity contribution in [1.29, 1.82) is 0 Å². The minimum atomic E-state index is -0.0321. The Kier molecular flexibility index (Phi) is 5.77. The fourth-order valence-corrected chi connectivity index (χ4v) is 3.59. The molecule has 2 atom stereocenters. The second kappa shape index (κ2) is 8.22. The SMILES string of the molecule is O=C(CCC1CCCO1)NC(Cc1ccsc1)c1cccnc1. The lowest BCUT2D eigenvalue weighted by Crippen LogP contribution is -2.30. The van der Waals surface area contributed by atoms with E-state index in [0.29, 0.717) is 6.42 Å². The van der Waals surface area contributed by atoms with E-state index in [2.05, 4.69) is 27.1 Å². The third kappa shape index (κ3) is 4.88. The van der Waals surface area contributed by atoms with Gasteiger partial charge in [-0.25, -0.2) is 0 Å². The molecule has 3 heterocycles. The molecule has 0 bridgehead atoms. The van der Waals surface area contributed by atoms with Crippen molar-refractivity contribution in [2.45, 2.75) is 44.2 Å². The monoisotopic (exact) mass is 330 g/mol. The van der Waals surface area contributed by atoms with Crippen LogP contribution >= 0.6 is 11.3 Å². The van der Waals surface area contributed by atoms with Crippen LogP contribution in [0.3, 0.4) is 0 Å². The second-order valence-electron chi connectivity index (χ2n) is 5.92. The van der Waals surface area contributed by atoms with Crippen molar-refractivity contribution < 1.29 is 9.53 Å². The lowest BCUT2D eigenvalue weighted by molar-refractivity contribution is -0.122. The number of hydrogen-bond donors (Lipinski definition) is 1. The molecule has 1 N–H and O–H groups in total. The number of rotatable bonds is 7. The van der Waals surface area contributed by atoms with Crippen LogP contribution in [0.2, 0.25) is 0 Å². The van der Waals surface area contributed by atoms with E-state index in [1.807, 2.05) is 18.3 Å². The summed E-state index contributed by atoms with van der Waals surface area (Å²) in [7, 11) is 0. The van der Waals surface area contributed by atoms with Crippen molar-refractivity contribution >= 4 is 17.2 Å². The summed E-state index contributed by atoms with van der Waals surface area (Å²) in [6, 6.07) is 6.00. The maximum absolute atomic E-state index is 12.3. The predicted molar refractivity (Wildman–Crippen MR) is 91.4 cm³/mol. The molecule has 0 radical (unpaired) electrons. The first-order valence-electron chi connectivity index (χ1n) is 8.13. The lowest BCUT2D eigenvalue weighted by Gasteiger charge is -2.19. The molecule has 1 fully saturated rings. The van der Waals surface area contributed by atoms with E-state index in [4.69, 9.17) is 4.74 Å². The molecule has 2 unspecified atom stereocenters. The van der Waals surface area contributed by atoms with E-state index in [9.17, 15) is 4.79 Å². The summed E-state index contributed by atoms with van der Waals surface area (Å²) >= 11 is 1.68. The van der Waals surface area contributed by atoms with Crippen molar-refractivity contribution in [3.05, 3.63) is 52.5 Å². The Morgan fingerprint density at radius 2 is 2.43 bits per heavy atom. The molecule has 1 aliphatic rings. The normalized spacial score (nSPS) is 18.7. The highest BCUT2D eigenvalue weighted by Crippen LogP contribution is 2.21. The highest BCUT2D eigenvalue weighted by atomic mass is 32.1.